The van der Waals surface area contributed by atoms with Gasteiger partial charge in [-0.15, -0.1) is 0 Å². The van der Waals surface area contributed by atoms with Crippen LogP contribution < -0.4 is 5.73 Å². The van der Waals surface area contributed by atoms with Gasteiger partial charge in [-0.25, -0.2) is 4.99 Å². The Morgan fingerprint density at radius 1 is 1.26 bits per heavy atom. The molecule has 1 heterocycles. The van der Waals surface area contributed by atoms with Crippen molar-refractivity contribution < 1.29 is 4.79 Å². The molecule has 0 unspecified atom stereocenters. The van der Waals surface area contributed by atoms with E-state index in [4.69, 9.17) is 5.73 Å². The topological polar surface area (TPSA) is 68.3 Å². The third-order valence-corrected chi connectivity index (χ3v) is 4.53. The van der Waals surface area contributed by atoms with Crippen LogP contribution in [-0.4, -0.2) is 16.6 Å². The molecule has 27 heavy (non-hydrogen) atoms. The van der Waals surface area contributed by atoms with Gasteiger partial charge >= 0.3 is 0 Å². The Balaban J connectivity index is 2.90. The molecule has 0 amide bonds. The normalized spacial score (nSPS) is 18.3. The van der Waals surface area contributed by atoms with Crippen LogP contribution in [0.4, 0.5) is 0 Å². The Morgan fingerprint density at radius 3 is 2.41 bits per heavy atom. The van der Waals surface area contributed by atoms with Crippen LogP contribution in [0.15, 0.2) is 70.7 Å². The molecule has 0 radical (unpaired) electrons. The van der Waals surface area contributed by atoms with Crippen LogP contribution >= 0.6 is 0 Å². The first kappa shape index (κ1) is 20.6. The summed E-state index contributed by atoms with van der Waals surface area (Å²) in [4.78, 5) is 21.8. The van der Waals surface area contributed by atoms with Crippen LogP contribution in [0.5, 0.6) is 0 Å². The first-order valence-corrected chi connectivity index (χ1v) is 9.07. The highest BCUT2D eigenvalue weighted by atomic mass is 16.1. The predicted molar refractivity (Wildman–Crippen MR) is 113 cm³/mol. The lowest BCUT2D eigenvalue weighted by Gasteiger charge is -2.32. The minimum Gasteiger partial charge on any atom is -0.383 e. The minimum atomic E-state index is -0.0502. The number of carbonyl (C=O) groups excluding carboxylic acids is 1. The van der Waals surface area contributed by atoms with E-state index in [-0.39, 0.29) is 11.2 Å². The van der Waals surface area contributed by atoms with E-state index in [1.807, 2.05) is 26.0 Å². The van der Waals surface area contributed by atoms with Gasteiger partial charge in [0.15, 0.2) is 5.78 Å². The van der Waals surface area contributed by atoms with Crippen molar-refractivity contribution in [2.24, 2.45) is 16.1 Å². The van der Waals surface area contributed by atoms with Crippen molar-refractivity contribution in [3.05, 3.63) is 71.2 Å². The summed E-state index contributed by atoms with van der Waals surface area (Å²) in [6, 6.07) is 3.79. The summed E-state index contributed by atoms with van der Waals surface area (Å²) in [5.74, 6) is 0.427. The quantitative estimate of drug-likeness (QED) is 0.454. The second-order valence-corrected chi connectivity index (χ2v) is 8.10. The van der Waals surface area contributed by atoms with E-state index in [9.17, 15) is 4.79 Å². The number of nitrogens with two attached hydrogens (primary N) is 1. The molecular weight excluding hydrogens is 334 g/mol. The third-order valence-electron chi connectivity index (χ3n) is 4.53. The van der Waals surface area contributed by atoms with Gasteiger partial charge in [0.25, 0.3) is 0 Å². The summed E-state index contributed by atoms with van der Waals surface area (Å²) in [5.41, 5.74) is 11.6. The van der Waals surface area contributed by atoms with Gasteiger partial charge in [-0.1, -0.05) is 38.6 Å². The van der Waals surface area contributed by atoms with Crippen LogP contribution in [-0.2, 0) is 4.79 Å². The maximum atomic E-state index is 13.2. The van der Waals surface area contributed by atoms with E-state index in [0.717, 1.165) is 28.7 Å². The van der Waals surface area contributed by atoms with Crippen molar-refractivity contribution in [3.8, 4) is 0 Å². The van der Waals surface area contributed by atoms with Crippen LogP contribution in [0.2, 0.25) is 0 Å². The first-order chi connectivity index (χ1) is 12.5. The monoisotopic (exact) mass is 363 g/mol. The predicted octanol–water partition coefficient (Wildman–Crippen LogP) is 5.01. The van der Waals surface area contributed by atoms with Gasteiger partial charge < -0.3 is 5.73 Å². The zero-order valence-electron chi connectivity index (χ0n) is 17.0. The summed E-state index contributed by atoms with van der Waals surface area (Å²) < 4.78 is 0. The maximum Gasteiger partial charge on any atom is 0.164 e. The largest absolute Gasteiger partial charge is 0.383 e. The Hall–Kier alpha value is -2.75. The average molecular weight is 364 g/mol. The number of ketones is 1. The van der Waals surface area contributed by atoms with Crippen molar-refractivity contribution in [1.82, 2.24) is 4.98 Å². The van der Waals surface area contributed by atoms with Crippen LogP contribution in [0.3, 0.4) is 0 Å². The number of hydrogen-bond donors (Lipinski definition) is 1. The molecule has 1 aromatic heterocycles. The number of rotatable bonds is 5. The van der Waals surface area contributed by atoms with Crippen molar-refractivity contribution in [1.29, 1.82) is 0 Å². The number of carbonyl (C=O) groups is 1. The van der Waals surface area contributed by atoms with Crippen molar-refractivity contribution >= 4 is 17.2 Å². The highest BCUT2D eigenvalue weighted by Gasteiger charge is 2.34. The number of pyridine rings is 1. The molecule has 4 heteroatoms. The van der Waals surface area contributed by atoms with Gasteiger partial charge in [0.2, 0.25) is 0 Å². The van der Waals surface area contributed by atoms with Gasteiger partial charge in [0.1, 0.15) is 5.84 Å². The fourth-order valence-electron chi connectivity index (χ4n) is 3.73. The SMILES string of the molecule is C=C(C)N=C(N)/C(C(=C)C)=C(/C1=C(C)CC(C)(C)CC1=O)c1cccnc1. The number of aromatic nitrogens is 1. The van der Waals surface area contributed by atoms with E-state index in [1.54, 1.807) is 19.3 Å². The zero-order valence-corrected chi connectivity index (χ0v) is 17.0. The highest BCUT2D eigenvalue weighted by Crippen LogP contribution is 2.42. The molecule has 1 aromatic rings. The lowest BCUT2D eigenvalue weighted by Crippen LogP contribution is -2.27. The summed E-state index contributed by atoms with van der Waals surface area (Å²) in [7, 11) is 0. The van der Waals surface area contributed by atoms with Gasteiger partial charge in [-0.05, 0) is 44.2 Å². The first-order valence-electron chi connectivity index (χ1n) is 9.07. The Morgan fingerprint density at radius 2 is 1.93 bits per heavy atom. The molecule has 0 aromatic carbocycles. The zero-order chi connectivity index (χ0) is 20.4. The average Bonchev–Trinajstić information content (AvgIpc) is 2.51. The molecule has 2 rings (SSSR count). The van der Waals surface area contributed by atoms with E-state index in [2.05, 4.69) is 37.0 Å². The number of nitrogens with zero attached hydrogens (tertiary/aromatic N) is 2. The molecule has 1 aliphatic rings. The van der Waals surface area contributed by atoms with E-state index < -0.39 is 0 Å². The Kier molecular flexibility index (Phi) is 5.99. The molecular formula is C23H29N3O. The minimum absolute atomic E-state index is 0.0502. The maximum absolute atomic E-state index is 13.2. The molecule has 0 saturated heterocycles. The lowest BCUT2D eigenvalue weighted by molar-refractivity contribution is -0.117. The number of amidine groups is 1. The Labute approximate surface area is 162 Å². The second kappa shape index (κ2) is 7.87. The molecule has 0 bridgehead atoms. The van der Waals surface area contributed by atoms with Crippen molar-refractivity contribution in [2.45, 2.75) is 47.5 Å². The van der Waals surface area contributed by atoms with Gasteiger partial charge in [0.05, 0.1) is 0 Å². The standard InChI is InChI=1S/C23H29N3O/c1-14(2)19(22(24)26-15(3)4)21(17-9-8-10-25-13-17)20-16(5)11-23(6,7)12-18(20)27/h8-10,13H,1,3,11-12H2,2,4-7H3,(H2,24,26)/b21-19+. The van der Waals surface area contributed by atoms with Gasteiger partial charge in [0, 0.05) is 46.8 Å². The molecule has 0 aliphatic heterocycles. The van der Waals surface area contributed by atoms with Gasteiger partial charge in [-0.3, -0.25) is 9.78 Å². The van der Waals surface area contributed by atoms with Crippen molar-refractivity contribution in [2.75, 3.05) is 0 Å². The molecule has 0 spiro atoms. The number of Topliss-reactive ketones (excluding diaryl/α,β-unsaturated/α-hetero) is 1. The lowest BCUT2D eigenvalue weighted by atomic mass is 9.71. The van der Waals surface area contributed by atoms with E-state index in [1.165, 1.54) is 0 Å². The molecule has 142 valence electrons. The number of aliphatic imine (C=N–C) groups is 1. The summed E-state index contributed by atoms with van der Waals surface area (Å²) >= 11 is 0. The van der Waals surface area contributed by atoms with Gasteiger partial charge in [-0.2, -0.15) is 0 Å². The molecule has 2 N–H and O–H groups in total. The fourth-order valence-corrected chi connectivity index (χ4v) is 3.73. The van der Waals surface area contributed by atoms with E-state index >= 15 is 0 Å². The van der Waals surface area contributed by atoms with Crippen LogP contribution in [0.25, 0.3) is 5.57 Å². The molecule has 1 aliphatic carbocycles. The molecule has 0 atom stereocenters. The highest BCUT2D eigenvalue weighted by molar-refractivity contribution is 6.19. The molecule has 4 nitrogen and oxygen atoms in total. The molecule has 0 saturated carbocycles. The third kappa shape index (κ3) is 4.70. The van der Waals surface area contributed by atoms with E-state index in [0.29, 0.717) is 29.1 Å². The Bertz CT molecular complexity index is 883. The number of hydrogen-bond acceptors (Lipinski definition) is 3. The summed E-state index contributed by atoms with van der Waals surface area (Å²) in [5, 5.41) is 0. The fraction of sp³-hybridized carbons (Fsp3) is 0.348. The number of allylic oxidation sites excluding steroid dienone is 4. The van der Waals surface area contributed by atoms with Crippen LogP contribution in [0.1, 0.15) is 53.0 Å². The summed E-state index contributed by atoms with van der Waals surface area (Å²) in [6.45, 7) is 17.8. The smallest absolute Gasteiger partial charge is 0.164 e. The van der Waals surface area contributed by atoms with Crippen LogP contribution in [0, 0.1) is 5.41 Å². The summed E-state index contributed by atoms with van der Waals surface area (Å²) in [6.07, 6.45) is 4.79. The van der Waals surface area contributed by atoms with Crippen molar-refractivity contribution in [3.63, 3.8) is 0 Å². The second-order valence-electron chi connectivity index (χ2n) is 8.10. The molecule has 0 fully saturated rings.